The summed E-state index contributed by atoms with van der Waals surface area (Å²) in [5.74, 6) is -0.127. The lowest BCUT2D eigenvalue weighted by molar-refractivity contribution is -0.130. The van der Waals surface area contributed by atoms with E-state index < -0.39 is 26.7 Å². The maximum absolute atomic E-state index is 12.2. The lowest BCUT2D eigenvalue weighted by Gasteiger charge is -2.45. The first-order valence-corrected chi connectivity index (χ1v) is 14.3. The Morgan fingerprint density at radius 2 is 1.63 bits per heavy atom. The third-order valence-corrected chi connectivity index (χ3v) is 10.9. The molecule has 0 bridgehead atoms. The van der Waals surface area contributed by atoms with E-state index in [1.54, 1.807) is 4.90 Å². The van der Waals surface area contributed by atoms with Crippen LogP contribution in [0.25, 0.3) is 0 Å². The molecule has 1 aliphatic heterocycles. The van der Waals surface area contributed by atoms with Crippen molar-refractivity contribution in [3.63, 3.8) is 0 Å². The minimum Gasteiger partial charge on any atom is -0.453 e. The number of amides is 1. The van der Waals surface area contributed by atoms with E-state index in [1.165, 1.54) is 7.05 Å². The molecule has 0 aliphatic carbocycles. The number of likely N-dealkylation sites (N-methyl/N-ethyl adjacent to an activating group) is 1. The summed E-state index contributed by atoms with van der Waals surface area (Å²) in [6, 6.07) is 0. The summed E-state index contributed by atoms with van der Waals surface area (Å²) in [5.41, 5.74) is 0. The van der Waals surface area contributed by atoms with Crippen LogP contribution in [0.4, 0.5) is 0 Å². The third kappa shape index (κ3) is 4.99. The maximum Gasteiger partial charge on any atom is 0.237 e. The predicted molar refractivity (Wildman–Crippen MR) is 80.1 cm³/mol. The van der Waals surface area contributed by atoms with Gasteiger partial charge in [0, 0.05) is 19.4 Å². The van der Waals surface area contributed by atoms with Crippen LogP contribution in [-0.4, -0.2) is 72.3 Å². The molecule has 112 valence electrons. The second kappa shape index (κ2) is 5.28. The Kier molecular flexibility index (Phi) is 4.68. The Balaban J connectivity index is 2.77. The monoisotopic (exact) mass is 324 g/mol. The van der Waals surface area contributed by atoms with Crippen LogP contribution in [0.5, 0.6) is 0 Å². The fraction of sp³-hybridized carbons (Fsp3) is 0.900. The van der Waals surface area contributed by atoms with E-state index in [0.717, 1.165) is 10.6 Å². The molecule has 0 aromatic carbocycles. The van der Waals surface area contributed by atoms with Crippen LogP contribution in [0, 0.1) is 0 Å². The minimum absolute atomic E-state index is 0.0895. The van der Waals surface area contributed by atoms with Gasteiger partial charge in [0.1, 0.15) is 0 Å². The van der Waals surface area contributed by atoms with Gasteiger partial charge in [0.2, 0.25) is 15.9 Å². The van der Waals surface area contributed by atoms with Gasteiger partial charge >= 0.3 is 0 Å². The van der Waals surface area contributed by atoms with Gasteiger partial charge < -0.3 is 9.02 Å². The van der Waals surface area contributed by atoms with E-state index in [2.05, 4.69) is 26.2 Å². The largest absolute Gasteiger partial charge is 0.453 e. The molecule has 1 saturated heterocycles. The summed E-state index contributed by atoms with van der Waals surface area (Å²) in [4.78, 5) is 14.0. The highest BCUT2D eigenvalue weighted by Crippen LogP contribution is 2.22. The molecule has 1 amide bonds. The Morgan fingerprint density at radius 1 is 1.21 bits per heavy atom. The summed E-state index contributed by atoms with van der Waals surface area (Å²) < 4.78 is 30.0. The second-order valence-electron chi connectivity index (χ2n) is 6.39. The van der Waals surface area contributed by atoms with Crippen molar-refractivity contribution in [1.82, 2.24) is 9.21 Å². The lowest BCUT2D eigenvalue weighted by Crippen LogP contribution is -2.65. The molecule has 0 spiro atoms. The Hall–Kier alpha value is -0.226. The molecule has 0 radical (unpaired) electrons. The van der Waals surface area contributed by atoms with Crippen molar-refractivity contribution in [1.29, 1.82) is 0 Å². The molecule has 0 unspecified atom stereocenters. The second-order valence-corrected chi connectivity index (χ2v) is 17.0. The standard InChI is InChI=1S/C10H24N2O4SSi2/c1-11(17(2,14)15)7-10(13)12-8-18(3,4)16-19(5,6)9-12/h7-9H2,1-6H3. The number of hydrogen-bond donors (Lipinski definition) is 0. The fourth-order valence-electron chi connectivity index (χ4n) is 2.37. The number of sulfonamides is 1. The van der Waals surface area contributed by atoms with Crippen LogP contribution in [0.3, 0.4) is 0 Å². The molecule has 0 aromatic heterocycles. The SMILES string of the molecule is CN(CC(=O)N1C[Si](C)(C)O[Si](C)(C)C1)S(C)(=O)=O. The van der Waals surface area contributed by atoms with Crippen molar-refractivity contribution < 1.29 is 17.3 Å². The van der Waals surface area contributed by atoms with Crippen LogP contribution in [-0.2, 0) is 18.9 Å². The highest BCUT2D eigenvalue weighted by Gasteiger charge is 2.43. The van der Waals surface area contributed by atoms with Crippen molar-refractivity contribution >= 4 is 32.6 Å². The number of nitrogens with zero attached hydrogens (tertiary/aromatic N) is 2. The zero-order valence-electron chi connectivity index (χ0n) is 12.6. The highest BCUT2D eigenvalue weighted by atomic mass is 32.2. The predicted octanol–water partition coefficient (Wildman–Crippen LogP) is 0.225. The summed E-state index contributed by atoms with van der Waals surface area (Å²) in [6.45, 7) is 8.31. The van der Waals surface area contributed by atoms with Crippen molar-refractivity contribution in [2.75, 3.05) is 32.2 Å². The van der Waals surface area contributed by atoms with Gasteiger partial charge in [-0.2, -0.15) is 4.31 Å². The first kappa shape index (κ1) is 16.8. The smallest absolute Gasteiger partial charge is 0.237 e. The lowest BCUT2D eigenvalue weighted by atomic mass is 10.5. The van der Waals surface area contributed by atoms with Crippen molar-refractivity contribution in [2.45, 2.75) is 26.2 Å². The molecule has 9 heteroatoms. The third-order valence-electron chi connectivity index (χ3n) is 2.97. The van der Waals surface area contributed by atoms with Gasteiger partial charge in [-0.15, -0.1) is 0 Å². The van der Waals surface area contributed by atoms with Crippen LogP contribution in [0.2, 0.25) is 26.2 Å². The average Bonchev–Trinajstić information content (AvgIpc) is 2.10. The Morgan fingerprint density at radius 3 is 2.00 bits per heavy atom. The molecular weight excluding hydrogens is 300 g/mol. The van der Waals surface area contributed by atoms with Crippen LogP contribution in [0.15, 0.2) is 0 Å². The van der Waals surface area contributed by atoms with E-state index >= 15 is 0 Å². The fourth-order valence-corrected chi connectivity index (χ4v) is 11.9. The number of carbonyl (C=O) groups is 1. The minimum atomic E-state index is -3.32. The Labute approximate surface area is 118 Å². The topological polar surface area (TPSA) is 66.9 Å². The molecule has 1 fully saturated rings. The molecule has 1 aliphatic rings. The van der Waals surface area contributed by atoms with Crippen molar-refractivity contribution in [3.05, 3.63) is 0 Å². The maximum atomic E-state index is 12.2. The molecule has 6 nitrogen and oxygen atoms in total. The Bertz CT molecular complexity index is 448. The van der Waals surface area contributed by atoms with Gasteiger partial charge in [0.15, 0.2) is 16.6 Å². The molecular formula is C10H24N2O4SSi2. The zero-order chi connectivity index (χ0) is 15.1. The molecule has 19 heavy (non-hydrogen) atoms. The van der Waals surface area contributed by atoms with Crippen LogP contribution >= 0.6 is 0 Å². The van der Waals surface area contributed by atoms with E-state index in [-0.39, 0.29) is 12.5 Å². The van der Waals surface area contributed by atoms with Crippen molar-refractivity contribution in [3.8, 4) is 0 Å². The van der Waals surface area contributed by atoms with Gasteiger partial charge in [-0.3, -0.25) is 4.79 Å². The summed E-state index contributed by atoms with van der Waals surface area (Å²) in [6.07, 6.45) is 2.39. The van der Waals surface area contributed by atoms with Gasteiger partial charge in [0.05, 0.1) is 12.8 Å². The normalized spacial score (nSPS) is 22.6. The molecule has 1 rings (SSSR count). The quantitative estimate of drug-likeness (QED) is 0.697. The first-order chi connectivity index (χ1) is 8.32. The van der Waals surface area contributed by atoms with Gasteiger partial charge in [-0.05, 0) is 26.2 Å². The zero-order valence-corrected chi connectivity index (χ0v) is 15.4. The molecule has 1 heterocycles. The molecule has 0 N–H and O–H groups in total. The highest BCUT2D eigenvalue weighted by molar-refractivity contribution is 7.88. The summed E-state index contributed by atoms with van der Waals surface area (Å²) >= 11 is 0. The average molecular weight is 325 g/mol. The first-order valence-electron chi connectivity index (χ1n) is 6.22. The summed E-state index contributed by atoms with van der Waals surface area (Å²) in [5, 5.41) is 0. The van der Waals surface area contributed by atoms with Gasteiger partial charge in [0.25, 0.3) is 0 Å². The number of rotatable bonds is 3. The van der Waals surface area contributed by atoms with Crippen LogP contribution < -0.4 is 0 Å². The molecule has 0 atom stereocenters. The van der Waals surface area contributed by atoms with E-state index in [0.29, 0.717) is 12.3 Å². The number of hydrogen-bond acceptors (Lipinski definition) is 4. The van der Waals surface area contributed by atoms with E-state index in [9.17, 15) is 13.2 Å². The van der Waals surface area contributed by atoms with E-state index in [1.807, 2.05) is 0 Å². The van der Waals surface area contributed by atoms with Gasteiger partial charge in [-0.25, -0.2) is 8.42 Å². The number of carbonyl (C=O) groups excluding carboxylic acids is 1. The van der Waals surface area contributed by atoms with Crippen LogP contribution in [0.1, 0.15) is 0 Å². The van der Waals surface area contributed by atoms with Crippen molar-refractivity contribution in [2.24, 2.45) is 0 Å². The molecule has 0 aromatic rings. The van der Waals surface area contributed by atoms with Gasteiger partial charge in [-0.1, -0.05) is 0 Å². The summed E-state index contributed by atoms with van der Waals surface area (Å²) in [7, 11) is -5.59. The molecule has 0 saturated carbocycles. The van der Waals surface area contributed by atoms with E-state index in [4.69, 9.17) is 4.12 Å².